The lowest BCUT2D eigenvalue weighted by Crippen LogP contribution is -2.44. The first-order chi connectivity index (χ1) is 13.4. The fourth-order valence-corrected chi connectivity index (χ4v) is 5.02. The third-order valence-electron chi connectivity index (χ3n) is 5.68. The molecule has 7 nitrogen and oxygen atoms in total. The Hall–Kier alpha value is -2.03. The lowest BCUT2D eigenvalue weighted by molar-refractivity contribution is -0.123. The lowest BCUT2D eigenvalue weighted by Gasteiger charge is -2.21. The van der Waals surface area contributed by atoms with E-state index in [1.54, 1.807) is 12.1 Å². The number of para-hydroxylation sites is 1. The predicted octanol–water partition coefficient (Wildman–Crippen LogP) is 3.00. The fourth-order valence-electron chi connectivity index (χ4n) is 4.19. The van der Waals surface area contributed by atoms with Gasteiger partial charge in [0.15, 0.2) is 0 Å². The molecule has 2 aliphatic rings. The van der Waals surface area contributed by atoms with Crippen molar-refractivity contribution in [3.8, 4) is 0 Å². The Labute approximate surface area is 168 Å². The van der Waals surface area contributed by atoms with Gasteiger partial charge in [0.1, 0.15) is 16.9 Å². The topological polar surface area (TPSA) is 86.6 Å². The van der Waals surface area contributed by atoms with Gasteiger partial charge in [0.2, 0.25) is 0 Å². The van der Waals surface area contributed by atoms with Gasteiger partial charge in [-0.2, -0.15) is 0 Å². The number of fused-ring (bicyclic) bond motifs is 1. The number of amides is 3. The number of carbonyl (C=O) groups excluding carboxylic acids is 2. The van der Waals surface area contributed by atoms with E-state index < -0.39 is 5.54 Å². The summed E-state index contributed by atoms with van der Waals surface area (Å²) < 4.78 is 11.5. The van der Waals surface area contributed by atoms with Gasteiger partial charge in [0.25, 0.3) is 5.91 Å². The van der Waals surface area contributed by atoms with Crippen molar-refractivity contribution in [1.82, 2.24) is 19.7 Å². The van der Waals surface area contributed by atoms with Crippen LogP contribution in [-0.4, -0.2) is 41.9 Å². The molecule has 8 heteroatoms. The average molecular weight is 403 g/mol. The second-order valence-corrected chi connectivity index (χ2v) is 9.03. The fraction of sp³-hybridized carbons (Fsp3) is 0.500. The summed E-state index contributed by atoms with van der Waals surface area (Å²) in [4.78, 5) is 23.4. The third-order valence-corrected chi connectivity index (χ3v) is 6.44. The van der Waals surface area contributed by atoms with Crippen LogP contribution in [0.25, 0.3) is 11.0 Å². The first kappa shape index (κ1) is 19.3. The summed E-state index contributed by atoms with van der Waals surface area (Å²) in [5, 5.41) is 6.30. The number of likely N-dealkylation sites (N-methyl/N-ethyl adjacent to an activating group) is 1. The largest absolute Gasteiger partial charge is 0.461 e. The number of rotatable bonds is 7. The van der Waals surface area contributed by atoms with Gasteiger partial charge in [0.05, 0.1) is 0 Å². The van der Waals surface area contributed by atoms with Gasteiger partial charge in [-0.25, -0.2) is 9.10 Å². The van der Waals surface area contributed by atoms with Crippen molar-refractivity contribution in [2.45, 2.75) is 37.6 Å². The highest BCUT2D eigenvalue weighted by molar-refractivity contribution is 7.95. The van der Waals surface area contributed by atoms with Crippen molar-refractivity contribution in [2.24, 2.45) is 5.92 Å². The third kappa shape index (κ3) is 3.90. The molecule has 0 bridgehead atoms. The van der Waals surface area contributed by atoms with Crippen LogP contribution < -0.4 is 15.4 Å². The van der Waals surface area contributed by atoms with Crippen LogP contribution in [0.5, 0.6) is 0 Å². The Morgan fingerprint density at radius 2 is 2.21 bits per heavy atom. The molecule has 150 valence electrons. The summed E-state index contributed by atoms with van der Waals surface area (Å²) in [6, 6.07) is 9.81. The first-order valence-electron chi connectivity index (χ1n) is 9.68. The zero-order valence-electron chi connectivity index (χ0n) is 16.2. The highest BCUT2D eigenvalue weighted by Gasteiger charge is 2.50. The molecule has 1 saturated carbocycles. The molecule has 3 N–H and O–H groups in total. The second-order valence-electron chi connectivity index (χ2n) is 7.94. The SMILES string of the molecule is CC(CN(C)SNCC1CCC2(C1)NC(=O)NC2=O)c1cc2ccccc2o1. The number of hydrogen-bond donors (Lipinski definition) is 3. The van der Waals surface area contributed by atoms with Crippen molar-refractivity contribution < 1.29 is 14.0 Å². The zero-order valence-corrected chi connectivity index (χ0v) is 17.0. The molecule has 2 aromatic rings. The predicted molar refractivity (Wildman–Crippen MR) is 110 cm³/mol. The van der Waals surface area contributed by atoms with Gasteiger partial charge in [-0.1, -0.05) is 25.1 Å². The summed E-state index contributed by atoms with van der Waals surface area (Å²) >= 11 is 1.58. The molecule has 1 aromatic carbocycles. The van der Waals surface area contributed by atoms with E-state index >= 15 is 0 Å². The van der Waals surface area contributed by atoms with Crippen LogP contribution in [0.2, 0.25) is 0 Å². The molecule has 1 aliphatic carbocycles. The zero-order chi connectivity index (χ0) is 19.7. The Morgan fingerprint density at radius 3 is 2.96 bits per heavy atom. The normalized spacial score (nSPS) is 25.6. The molecule has 1 spiro atoms. The van der Waals surface area contributed by atoms with Gasteiger partial charge < -0.3 is 9.73 Å². The van der Waals surface area contributed by atoms with E-state index in [2.05, 4.69) is 45.8 Å². The molecule has 4 rings (SSSR count). The van der Waals surface area contributed by atoms with Gasteiger partial charge in [-0.05, 0) is 44.4 Å². The molecule has 0 radical (unpaired) electrons. The van der Waals surface area contributed by atoms with Crippen molar-refractivity contribution in [2.75, 3.05) is 20.1 Å². The Morgan fingerprint density at radius 1 is 1.39 bits per heavy atom. The maximum Gasteiger partial charge on any atom is 0.322 e. The van der Waals surface area contributed by atoms with Gasteiger partial charge in [-0.15, -0.1) is 0 Å². The van der Waals surface area contributed by atoms with Crippen LogP contribution in [0.1, 0.15) is 37.9 Å². The first-order valence-corrected chi connectivity index (χ1v) is 10.5. The minimum atomic E-state index is -0.685. The van der Waals surface area contributed by atoms with Crippen LogP contribution >= 0.6 is 12.1 Å². The number of benzene rings is 1. The summed E-state index contributed by atoms with van der Waals surface area (Å²) in [7, 11) is 2.05. The van der Waals surface area contributed by atoms with Crippen molar-refractivity contribution in [3.05, 3.63) is 36.1 Å². The highest BCUT2D eigenvalue weighted by atomic mass is 32.2. The number of carbonyl (C=O) groups is 2. The molecule has 2 heterocycles. The van der Waals surface area contributed by atoms with E-state index in [0.29, 0.717) is 18.8 Å². The molecule has 1 aromatic heterocycles. The molecule has 28 heavy (non-hydrogen) atoms. The monoisotopic (exact) mass is 402 g/mol. The number of urea groups is 1. The molecule has 1 saturated heterocycles. The quantitative estimate of drug-likeness (QED) is 0.488. The maximum absolute atomic E-state index is 12.0. The molecule has 1 aliphatic heterocycles. The smallest absolute Gasteiger partial charge is 0.322 e. The number of hydrogen-bond acceptors (Lipinski definition) is 6. The average Bonchev–Trinajstić information content (AvgIpc) is 3.33. The van der Waals surface area contributed by atoms with Crippen LogP contribution in [0.4, 0.5) is 4.79 Å². The Balaban J connectivity index is 1.22. The summed E-state index contributed by atoms with van der Waals surface area (Å²) in [5.74, 6) is 1.47. The number of furan rings is 1. The van der Waals surface area contributed by atoms with Gasteiger partial charge in [-0.3, -0.25) is 14.8 Å². The summed E-state index contributed by atoms with van der Waals surface area (Å²) in [6.07, 6.45) is 2.33. The van der Waals surface area contributed by atoms with Crippen molar-refractivity contribution in [1.29, 1.82) is 0 Å². The number of imide groups is 1. The van der Waals surface area contributed by atoms with Gasteiger partial charge >= 0.3 is 6.03 Å². The number of nitrogens with zero attached hydrogens (tertiary/aromatic N) is 1. The van der Waals surface area contributed by atoms with E-state index in [9.17, 15) is 9.59 Å². The van der Waals surface area contributed by atoms with E-state index in [0.717, 1.165) is 36.2 Å². The molecule has 3 unspecified atom stereocenters. The second kappa shape index (κ2) is 7.77. The van der Waals surface area contributed by atoms with Crippen LogP contribution in [-0.2, 0) is 4.79 Å². The molecular formula is C20H26N4O3S. The van der Waals surface area contributed by atoms with E-state index in [4.69, 9.17) is 4.42 Å². The number of nitrogens with one attached hydrogen (secondary N) is 3. The van der Waals surface area contributed by atoms with Gasteiger partial charge in [0, 0.05) is 36.5 Å². The van der Waals surface area contributed by atoms with Crippen LogP contribution in [0.15, 0.2) is 34.7 Å². The minimum absolute atomic E-state index is 0.176. The minimum Gasteiger partial charge on any atom is -0.461 e. The summed E-state index contributed by atoms with van der Waals surface area (Å²) in [6.45, 7) is 3.82. The van der Waals surface area contributed by atoms with Crippen LogP contribution in [0.3, 0.4) is 0 Å². The Bertz CT molecular complexity index is 852. The van der Waals surface area contributed by atoms with Crippen molar-refractivity contribution in [3.63, 3.8) is 0 Å². The molecule has 3 atom stereocenters. The highest BCUT2D eigenvalue weighted by Crippen LogP contribution is 2.36. The molecule has 2 fully saturated rings. The van der Waals surface area contributed by atoms with E-state index in [-0.39, 0.29) is 17.9 Å². The van der Waals surface area contributed by atoms with E-state index in [1.807, 2.05) is 18.2 Å². The Kier molecular flexibility index (Phi) is 5.35. The van der Waals surface area contributed by atoms with E-state index in [1.165, 1.54) is 0 Å². The lowest BCUT2D eigenvalue weighted by atomic mass is 9.96. The molecule has 3 amide bonds. The van der Waals surface area contributed by atoms with Crippen LogP contribution in [0, 0.1) is 5.92 Å². The standard InChI is InChI=1S/C20H26N4O3S/c1-13(17-9-15-5-3-4-6-16(15)27-17)12-24(2)28-21-11-14-7-8-20(10-14)18(25)22-19(26)23-20/h3-6,9,13-14,21H,7-8,10-12H2,1-2H3,(H2,22,23,25,26). The van der Waals surface area contributed by atoms with Crippen molar-refractivity contribution >= 4 is 35.0 Å². The molecular weight excluding hydrogens is 376 g/mol. The maximum atomic E-state index is 12.0. The summed E-state index contributed by atoms with van der Waals surface area (Å²) in [5.41, 5.74) is 0.242.